The minimum Gasteiger partial charge on any atom is -0.298 e. The molecule has 0 unspecified atom stereocenters. The number of aromatic nitrogens is 2. The first-order chi connectivity index (χ1) is 12.1. The van der Waals surface area contributed by atoms with Crippen LogP contribution in [0.5, 0.6) is 0 Å². The maximum absolute atomic E-state index is 12.6. The predicted octanol–water partition coefficient (Wildman–Crippen LogP) is 3.75. The van der Waals surface area contributed by atoms with Crippen LogP contribution >= 0.6 is 11.6 Å². The lowest BCUT2D eigenvalue weighted by Crippen LogP contribution is -2.30. The molecule has 0 bridgehead atoms. The molecule has 1 heterocycles. The smallest absolute Gasteiger partial charge is 0.261 e. The Morgan fingerprint density at radius 2 is 1.84 bits per heavy atom. The van der Waals surface area contributed by atoms with Crippen molar-refractivity contribution in [3.05, 3.63) is 75.3 Å². The van der Waals surface area contributed by atoms with Gasteiger partial charge in [0.05, 0.1) is 17.4 Å². The number of hydrogen-bond acceptors (Lipinski definition) is 3. The van der Waals surface area contributed by atoms with Crippen LogP contribution in [0.1, 0.15) is 24.2 Å². The average molecular weight is 354 g/mol. The van der Waals surface area contributed by atoms with Crippen molar-refractivity contribution < 1.29 is 0 Å². The molecule has 0 amide bonds. The summed E-state index contributed by atoms with van der Waals surface area (Å²) >= 11 is 5.98. The molecular weight excluding hydrogens is 334 g/mol. The van der Waals surface area contributed by atoms with Crippen LogP contribution in [0, 0.1) is 0 Å². The Labute approximate surface area is 151 Å². The second kappa shape index (κ2) is 6.62. The van der Waals surface area contributed by atoms with Gasteiger partial charge < -0.3 is 0 Å². The third-order valence-corrected chi connectivity index (χ3v) is 5.03. The molecular formula is C20H20ClN3O. The lowest BCUT2D eigenvalue weighted by Gasteiger charge is -2.23. The molecule has 4 nitrogen and oxygen atoms in total. The zero-order chi connectivity index (χ0) is 17.4. The molecule has 0 spiro atoms. The van der Waals surface area contributed by atoms with Crippen LogP contribution in [0.4, 0.5) is 0 Å². The fourth-order valence-corrected chi connectivity index (χ4v) is 3.29. The highest BCUT2D eigenvalue weighted by atomic mass is 35.5. The summed E-state index contributed by atoms with van der Waals surface area (Å²) in [5.41, 5.74) is 2.01. The fraction of sp³-hybridized carbons (Fsp3) is 0.300. The third kappa shape index (κ3) is 3.46. The molecule has 5 heteroatoms. The van der Waals surface area contributed by atoms with Crippen molar-refractivity contribution in [2.24, 2.45) is 7.05 Å². The second-order valence-corrected chi connectivity index (χ2v) is 7.11. The molecule has 0 saturated heterocycles. The van der Waals surface area contributed by atoms with Crippen LogP contribution < -0.4 is 5.56 Å². The number of benzene rings is 2. The van der Waals surface area contributed by atoms with Crippen molar-refractivity contribution in [2.45, 2.75) is 32.0 Å². The van der Waals surface area contributed by atoms with Crippen molar-refractivity contribution in [2.75, 3.05) is 0 Å². The van der Waals surface area contributed by atoms with Gasteiger partial charge >= 0.3 is 0 Å². The summed E-state index contributed by atoms with van der Waals surface area (Å²) in [5.74, 6) is 0.810. The molecule has 128 valence electrons. The van der Waals surface area contributed by atoms with E-state index in [9.17, 15) is 4.79 Å². The van der Waals surface area contributed by atoms with E-state index in [1.165, 1.54) is 18.4 Å². The Bertz CT molecular complexity index is 961. The van der Waals surface area contributed by atoms with E-state index in [1.54, 1.807) is 4.57 Å². The van der Waals surface area contributed by atoms with Crippen molar-refractivity contribution in [3.63, 3.8) is 0 Å². The maximum Gasteiger partial charge on any atom is 0.261 e. The molecule has 1 aliphatic rings. The summed E-state index contributed by atoms with van der Waals surface area (Å²) in [4.78, 5) is 19.7. The van der Waals surface area contributed by atoms with Crippen LogP contribution in [0.2, 0.25) is 5.02 Å². The van der Waals surface area contributed by atoms with Gasteiger partial charge in [-0.1, -0.05) is 35.9 Å². The Kier molecular flexibility index (Phi) is 4.32. The maximum atomic E-state index is 12.6. The van der Waals surface area contributed by atoms with Crippen LogP contribution in [0.15, 0.2) is 53.3 Å². The van der Waals surface area contributed by atoms with Gasteiger partial charge in [0.25, 0.3) is 5.56 Å². The van der Waals surface area contributed by atoms with Gasteiger partial charge in [0.1, 0.15) is 5.82 Å². The molecule has 0 radical (unpaired) electrons. The number of hydrogen-bond donors (Lipinski definition) is 0. The van der Waals surface area contributed by atoms with Crippen molar-refractivity contribution in [1.29, 1.82) is 0 Å². The van der Waals surface area contributed by atoms with Gasteiger partial charge in [-0.05, 0) is 42.7 Å². The summed E-state index contributed by atoms with van der Waals surface area (Å²) in [5, 5.41) is 1.42. The Morgan fingerprint density at radius 3 is 2.56 bits per heavy atom. The standard InChI is InChI=1S/C20H20ClN3O/c1-23-19(22-18-5-3-2-4-17(18)20(23)25)13-24(16-10-11-16)12-14-6-8-15(21)9-7-14/h2-9,16H,10-13H2,1H3. The fourth-order valence-electron chi connectivity index (χ4n) is 3.17. The summed E-state index contributed by atoms with van der Waals surface area (Å²) in [7, 11) is 1.81. The van der Waals surface area contributed by atoms with E-state index in [4.69, 9.17) is 16.6 Å². The van der Waals surface area contributed by atoms with E-state index in [2.05, 4.69) is 17.0 Å². The average Bonchev–Trinajstić information content (AvgIpc) is 3.46. The molecule has 0 atom stereocenters. The highest BCUT2D eigenvalue weighted by Gasteiger charge is 2.30. The van der Waals surface area contributed by atoms with Crippen LogP contribution in [0.25, 0.3) is 10.9 Å². The lowest BCUT2D eigenvalue weighted by atomic mass is 10.2. The Hall–Kier alpha value is -2.17. The van der Waals surface area contributed by atoms with Crippen molar-refractivity contribution in [3.8, 4) is 0 Å². The minimum atomic E-state index is 0.0165. The first-order valence-electron chi connectivity index (χ1n) is 8.55. The van der Waals surface area contributed by atoms with E-state index in [0.29, 0.717) is 18.0 Å². The number of halogens is 1. The topological polar surface area (TPSA) is 38.1 Å². The Balaban J connectivity index is 1.64. The van der Waals surface area contributed by atoms with Gasteiger partial charge in [-0.15, -0.1) is 0 Å². The van der Waals surface area contributed by atoms with Gasteiger partial charge in [0.15, 0.2) is 0 Å². The molecule has 3 aromatic rings. The molecule has 0 aliphatic heterocycles. The van der Waals surface area contributed by atoms with Crippen LogP contribution in [-0.4, -0.2) is 20.5 Å². The quantitative estimate of drug-likeness (QED) is 0.701. The van der Waals surface area contributed by atoms with Gasteiger partial charge in [-0.3, -0.25) is 14.3 Å². The summed E-state index contributed by atoms with van der Waals surface area (Å²) in [6.45, 7) is 1.51. The van der Waals surface area contributed by atoms with Crippen LogP contribution in [0.3, 0.4) is 0 Å². The second-order valence-electron chi connectivity index (χ2n) is 6.67. The van der Waals surface area contributed by atoms with E-state index in [-0.39, 0.29) is 5.56 Å². The van der Waals surface area contributed by atoms with Gasteiger partial charge in [0.2, 0.25) is 0 Å². The number of rotatable bonds is 5. The SMILES string of the molecule is Cn1c(CN(Cc2ccc(Cl)cc2)C2CC2)nc2ccccc2c1=O. The normalized spacial score (nSPS) is 14.4. The summed E-state index contributed by atoms with van der Waals surface area (Å²) in [6.07, 6.45) is 2.41. The zero-order valence-corrected chi connectivity index (χ0v) is 14.9. The first kappa shape index (κ1) is 16.3. The number of fused-ring (bicyclic) bond motifs is 1. The summed E-state index contributed by atoms with van der Waals surface area (Å²) < 4.78 is 1.68. The highest BCUT2D eigenvalue weighted by Crippen LogP contribution is 2.29. The molecule has 0 N–H and O–H groups in total. The van der Waals surface area contributed by atoms with E-state index < -0.39 is 0 Å². The van der Waals surface area contributed by atoms with Crippen molar-refractivity contribution >= 4 is 22.5 Å². The van der Waals surface area contributed by atoms with Gasteiger partial charge in [0, 0.05) is 24.7 Å². The van der Waals surface area contributed by atoms with E-state index in [1.807, 2.05) is 43.4 Å². The molecule has 4 rings (SSSR count). The monoisotopic (exact) mass is 353 g/mol. The number of nitrogens with zero attached hydrogens (tertiary/aromatic N) is 3. The molecule has 1 saturated carbocycles. The molecule has 2 aromatic carbocycles. The first-order valence-corrected chi connectivity index (χ1v) is 8.93. The molecule has 1 aromatic heterocycles. The number of para-hydroxylation sites is 1. The largest absolute Gasteiger partial charge is 0.298 e. The molecule has 25 heavy (non-hydrogen) atoms. The molecule has 1 aliphatic carbocycles. The zero-order valence-electron chi connectivity index (χ0n) is 14.2. The third-order valence-electron chi connectivity index (χ3n) is 4.78. The van der Waals surface area contributed by atoms with E-state index in [0.717, 1.165) is 22.9 Å². The van der Waals surface area contributed by atoms with Gasteiger partial charge in [-0.25, -0.2) is 4.98 Å². The van der Waals surface area contributed by atoms with Crippen LogP contribution in [-0.2, 0) is 20.1 Å². The Morgan fingerprint density at radius 1 is 1.12 bits per heavy atom. The predicted molar refractivity (Wildman–Crippen MR) is 101 cm³/mol. The van der Waals surface area contributed by atoms with Gasteiger partial charge in [-0.2, -0.15) is 0 Å². The van der Waals surface area contributed by atoms with Crippen molar-refractivity contribution in [1.82, 2.24) is 14.5 Å². The van der Waals surface area contributed by atoms with E-state index >= 15 is 0 Å². The minimum absolute atomic E-state index is 0.0165. The lowest BCUT2D eigenvalue weighted by molar-refractivity contribution is 0.236. The molecule has 1 fully saturated rings. The summed E-state index contributed by atoms with van der Waals surface area (Å²) in [6, 6.07) is 16.1. The highest BCUT2D eigenvalue weighted by molar-refractivity contribution is 6.30.